The number of carbonyl (C=O) groups is 1. The molecule has 0 spiro atoms. The Bertz CT molecular complexity index is 513. The molecule has 5 nitrogen and oxygen atoms in total. The number of ether oxygens (including phenoxy) is 3. The first-order valence-electron chi connectivity index (χ1n) is 7.91. The van der Waals surface area contributed by atoms with E-state index in [-0.39, 0.29) is 11.9 Å². The number of amides is 1. The van der Waals surface area contributed by atoms with E-state index in [1.54, 1.807) is 7.11 Å². The predicted octanol–water partition coefficient (Wildman–Crippen LogP) is 1.64. The number of carbonyl (C=O) groups excluding carboxylic acids is 1. The average molecular weight is 305 g/mol. The normalized spacial score (nSPS) is 25.2. The number of methoxy groups -OCH3 is 1. The molecule has 1 aromatic rings. The zero-order valence-electron chi connectivity index (χ0n) is 13.0. The summed E-state index contributed by atoms with van der Waals surface area (Å²) in [6.45, 7) is 2.26. The quantitative estimate of drug-likeness (QED) is 0.848. The Morgan fingerprint density at radius 1 is 1.36 bits per heavy atom. The van der Waals surface area contributed by atoms with Gasteiger partial charge in [-0.25, -0.2) is 0 Å². The highest BCUT2D eigenvalue weighted by Crippen LogP contribution is 2.27. The second kappa shape index (κ2) is 7.11. The Balaban J connectivity index is 1.68. The molecular formula is C17H23NO4. The largest absolute Gasteiger partial charge is 0.496 e. The van der Waals surface area contributed by atoms with Crippen molar-refractivity contribution >= 4 is 5.91 Å². The second-order valence-corrected chi connectivity index (χ2v) is 5.78. The first-order chi connectivity index (χ1) is 10.8. The van der Waals surface area contributed by atoms with Crippen molar-refractivity contribution in [3.8, 4) is 5.75 Å². The Kier molecular flexibility index (Phi) is 4.95. The molecule has 0 aromatic heterocycles. The number of nitrogens with zero attached hydrogens (tertiary/aromatic N) is 1. The number of hydrogen-bond acceptors (Lipinski definition) is 4. The summed E-state index contributed by atoms with van der Waals surface area (Å²) in [4.78, 5) is 14.6. The molecular weight excluding hydrogens is 282 g/mol. The molecule has 2 aliphatic heterocycles. The van der Waals surface area contributed by atoms with Crippen LogP contribution in [0.2, 0.25) is 0 Å². The van der Waals surface area contributed by atoms with Gasteiger partial charge in [-0.15, -0.1) is 0 Å². The lowest BCUT2D eigenvalue weighted by Crippen LogP contribution is -2.47. The molecule has 5 heteroatoms. The molecule has 2 saturated heterocycles. The van der Waals surface area contributed by atoms with E-state index in [0.29, 0.717) is 19.8 Å². The zero-order valence-corrected chi connectivity index (χ0v) is 13.0. The molecule has 22 heavy (non-hydrogen) atoms. The maximum absolute atomic E-state index is 12.6. The van der Waals surface area contributed by atoms with Gasteiger partial charge in [-0.1, -0.05) is 18.2 Å². The van der Waals surface area contributed by atoms with Crippen LogP contribution in [0.25, 0.3) is 0 Å². The fraction of sp³-hybridized carbons (Fsp3) is 0.588. The third-order valence-electron chi connectivity index (χ3n) is 4.40. The van der Waals surface area contributed by atoms with Crippen molar-refractivity contribution in [2.24, 2.45) is 0 Å². The highest BCUT2D eigenvalue weighted by molar-refractivity contribution is 5.81. The van der Waals surface area contributed by atoms with Gasteiger partial charge in [0.1, 0.15) is 5.75 Å². The number of likely N-dealkylation sites (tertiary alicyclic amines) is 1. The van der Waals surface area contributed by atoms with Crippen LogP contribution in [0.4, 0.5) is 0 Å². The van der Waals surface area contributed by atoms with Crippen LogP contribution in [0.1, 0.15) is 18.4 Å². The van der Waals surface area contributed by atoms with Crippen molar-refractivity contribution in [2.45, 2.75) is 31.4 Å². The fourth-order valence-electron chi connectivity index (χ4n) is 3.28. The number of hydrogen-bond donors (Lipinski definition) is 0. The molecule has 0 radical (unpaired) electrons. The maximum Gasteiger partial charge on any atom is 0.254 e. The summed E-state index contributed by atoms with van der Waals surface area (Å²) in [7, 11) is 1.68. The minimum atomic E-state index is -0.438. The first-order valence-corrected chi connectivity index (χ1v) is 7.91. The maximum atomic E-state index is 12.6. The molecule has 2 fully saturated rings. The van der Waals surface area contributed by atoms with Gasteiger partial charge in [-0.05, 0) is 30.9 Å². The molecule has 0 N–H and O–H groups in total. The van der Waals surface area contributed by atoms with E-state index in [1.165, 1.54) is 0 Å². The van der Waals surface area contributed by atoms with E-state index in [2.05, 4.69) is 6.07 Å². The van der Waals surface area contributed by atoms with Gasteiger partial charge in [-0.2, -0.15) is 0 Å². The van der Waals surface area contributed by atoms with Gasteiger partial charge in [0.05, 0.1) is 26.9 Å². The van der Waals surface area contributed by atoms with E-state index in [1.807, 2.05) is 23.1 Å². The van der Waals surface area contributed by atoms with Crippen molar-refractivity contribution in [1.29, 1.82) is 0 Å². The minimum absolute atomic E-state index is 0.0668. The molecule has 1 amide bonds. The summed E-state index contributed by atoms with van der Waals surface area (Å²) in [6.07, 6.45) is 2.45. The Morgan fingerprint density at radius 3 is 3.00 bits per heavy atom. The van der Waals surface area contributed by atoms with Crippen molar-refractivity contribution in [1.82, 2.24) is 4.90 Å². The predicted molar refractivity (Wildman–Crippen MR) is 82.0 cm³/mol. The van der Waals surface area contributed by atoms with Crippen LogP contribution in [0, 0.1) is 0 Å². The summed E-state index contributed by atoms with van der Waals surface area (Å²) in [6, 6.07) is 8.23. The van der Waals surface area contributed by atoms with Crippen LogP contribution in [-0.2, 0) is 20.7 Å². The lowest BCUT2D eigenvalue weighted by molar-refractivity contribution is -0.158. The van der Waals surface area contributed by atoms with Gasteiger partial charge in [0.25, 0.3) is 5.91 Å². The van der Waals surface area contributed by atoms with Gasteiger partial charge in [-0.3, -0.25) is 4.79 Å². The van der Waals surface area contributed by atoms with Crippen molar-refractivity contribution < 1.29 is 19.0 Å². The first kappa shape index (κ1) is 15.3. The molecule has 0 unspecified atom stereocenters. The molecule has 0 aliphatic carbocycles. The van der Waals surface area contributed by atoms with E-state index in [4.69, 9.17) is 14.2 Å². The van der Waals surface area contributed by atoms with E-state index >= 15 is 0 Å². The van der Waals surface area contributed by atoms with E-state index in [0.717, 1.165) is 37.1 Å². The fourth-order valence-corrected chi connectivity index (χ4v) is 3.28. The number of para-hydroxylation sites is 1. The van der Waals surface area contributed by atoms with Gasteiger partial charge in [0.2, 0.25) is 0 Å². The van der Waals surface area contributed by atoms with Crippen LogP contribution in [0.5, 0.6) is 5.75 Å². The standard InChI is InChI=1S/C17H23NO4/c1-20-15-7-3-2-5-13(15)11-14-6-4-8-18(14)17(19)16-12-21-9-10-22-16/h2-3,5,7,14,16H,4,6,8-12H2,1H3/t14-,16+/m0/s1. The van der Waals surface area contributed by atoms with Crippen molar-refractivity contribution in [2.75, 3.05) is 33.5 Å². The molecule has 0 saturated carbocycles. The molecule has 0 bridgehead atoms. The molecule has 2 atom stereocenters. The van der Waals surface area contributed by atoms with Crippen molar-refractivity contribution in [3.05, 3.63) is 29.8 Å². The van der Waals surface area contributed by atoms with Gasteiger partial charge in [0.15, 0.2) is 6.10 Å². The molecule has 120 valence electrons. The Morgan fingerprint density at radius 2 is 2.23 bits per heavy atom. The zero-order chi connectivity index (χ0) is 15.4. The highest BCUT2D eigenvalue weighted by atomic mass is 16.6. The summed E-state index contributed by atoms with van der Waals surface area (Å²) in [5, 5.41) is 0. The topological polar surface area (TPSA) is 48.0 Å². The van der Waals surface area contributed by atoms with Crippen LogP contribution >= 0.6 is 0 Å². The molecule has 2 heterocycles. The summed E-state index contributed by atoms with van der Waals surface area (Å²) >= 11 is 0. The van der Waals surface area contributed by atoms with Crippen LogP contribution in [0.3, 0.4) is 0 Å². The monoisotopic (exact) mass is 305 g/mol. The number of benzene rings is 1. The van der Waals surface area contributed by atoms with Gasteiger partial charge in [0, 0.05) is 12.6 Å². The summed E-state index contributed by atoms with van der Waals surface area (Å²) < 4.78 is 16.3. The smallest absolute Gasteiger partial charge is 0.254 e. The van der Waals surface area contributed by atoms with E-state index in [9.17, 15) is 4.79 Å². The third kappa shape index (κ3) is 3.25. The lowest BCUT2D eigenvalue weighted by Gasteiger charge is -2.31. The van der Waals surface area contributed by atoms with E-state index < -0.39 is 6.10 Å². The molecule has 1 aromatic carbocycles. The minimum Gasteiger partial charge on any atom is -0.496 e. The van der Waals surface area contributed by atoms with Crippen molar-refractivity contribution in [3.63, 3.8) is 0 Å². The van der Waals surface area contributed by atoms with Crippen LogP contribution in [-0.4, -0.2) is 56.4 Å². The third-order valence-corrected chi connectivity index (χ3v) is 4.40. The van der Waals surface area contributed by atoms with Crippen LogP contribution < -0.4 is 4.74 Å². The van der Waals surface area contributed by atoms with Gasteiger partial charge < -0.3 is 19.1 Å². The Labute approximate surface area is 131 Å². The SMILES string of the molecule is COc1ccccc1C[C@@H]1CCCN1C(=O)[C@H]1COCCO1. The average Bonchev–Trinajstić information content (AvgIpc) is 3.03. The Hall–Kier alpha value is -1.59. The summed E-state index contributed by atoms with van der Waals surface area (Å²) in [5.74, 6) is 0.955. The number of rotatable bonds is 4. The van der Waals surface area contributed by atoms with Crippen LogP contribution in [0.15, 0.2) is 24.3 Å². The molecule has 2 aliphatic rings. The molecule has 3 rings (SSSR count). The highest BCUT2D eigenvalue weighted by Gasteiger charge is 2.35. The summed E-state index contributed by atoms with van der Waals surface area (Å²) in [5.41, 5.74) is 1.15. The second-order valence-electron chi connectivity index (χ2n) is 5.78. The van der Waals surface area contributed by atoms with Gasteiger partial charge >= 0.3 is 0 Å². The lowest BCUT2D eigenvalue weighted by atomic mass is 10.0.